The number of carbonyl (C=O) groups excluding carboxylic acids is 1. The molecule has 0 spiro atoms. The van der Waals surface area contributed by atoms with Gasteiger partial charge in [0.15, 0.2) is 0 Å². The number of fused-ring (bicyclic) bond motifs is 1. The number of H-pyrrole nitrogens is 1. The molecule has 0 atom stereocenters. The van der Waals surface area contributed by atoms with Crippen LogP contribution in [0, 0.1) is 0 Å². The molecule has 0 bridgehead atoms. The summed E-state index contributed by atoms with van der Waals surface area (Å²) in [5.41, 5.74) is 4.55. The van der Waals surface area contributed by atoms with E-state index >= 15 is 0 Å². The van der Waals surface area contributed by atoms with E-state index in [4.69, 9.17) is 4.74 Å². The van der Waals surface area contributed by atoms with Crippen LogP contribution in [0.15, 0.2) is 30.5 Å². The highest BCUT2D eigenvalue weighted by Gasteiger charge is 2.18. The summed E-state index contributed by atoms with van der Waals surface area (Å²) in [7, 11) is 0. The van der Waals surface area contributed by atoms with Crippen molar-refractivity contribution in [3.63, 3.8) is 0 Å². The minimum absolute atomic E-state index is 0.0508. The van der Waals surface area contributed by atoms with Gasteiger partial charge in [-0.3, -0.25) is 10.2 Å². The van der Waals surface area contributed by atoms with Crippen molar-refractivity contribution >= 4 is 28.3 Å². The van der Waals surface area contributed by atoms with E-state index in [0.29, 0.717) is 0 Å². The average molecular weight is 424 g/mol. The molecule has 5 heteroatoms. The first-order valence-corrected chi connectivity index (χ1v) is 12.2. The Morgan fingerprint density at radius 1 is 1.19 bits per heavy atom. The quantitative estimate of drug-likeness (QED) is 0.542. The number of hydrogen-bond donors (Lipinski definition) is 2. The summed E-state index contributed by atoms with van der Waals surface area (Å²) >= 11 is 0. The molecule has 4 rings (SSSR count). The van der Waals surface area contributed by atoms with Crippen LogP contribution < -0.4 is 5.32 Å². The average Bonchev–Trinajstić information content (AvgIpc) is 3.18. The van der Waals surface area contributed by atoms with Crippen LogP contribution in [0.5, 0.6) is 0 Å². The number of ether oxygens (including phenoxy) is 1. The summed E-state index contributed by atoms with van der Waals surface area (Å²) in [6.45, 7) is 5.57. The maximum absolute atomic E-state index is 12.5. The first-order chi connectivity index (χ1) is 15.2. The lowest BCUT2D eigenvalue weighted by Crippen LogP contribution is -2.29. The van der Waals surface area contributed by atoms with Crippen LogP contribution in [-0.4, -0.2) is 41.7 Å². The Morgan fingerprint density at radius 3 is 2.74 bits per heavy atom. The number of unbranched alkanes of at least 4 members (excludes halogenated alkanes) is 1. The van der Waals surface area contributed by atoms with Gasteiger partial charge in [-0.2, -0.15) is 0 Å². The molecule has 1 saturated carbocycles. The van der Waals surface area contributed by atoms with E-state index in [0.717, 1.165) is 61.8 Å². The second kappa shape index (κ2) is 10.9. The molecule has 2 aromatic rings. The van der Waals surface area contributed by atoms with Gasteiger partial charge in [-0.1, -0.05) is 38.7 Å². The van der Waals surface area contributed by atoms with E-state index < -0.39 is 0 Å². The summed E-state index contributed by atoms with van der Waals surface area (Å²) in [6, 6.07) is 6.07. The number of nitrogens with zero attached hydrogens (tertiary/aromatic N) is 1. The molecule has 0 radical (unpaired) electrons. The second-order valence-electron chi connectivity index (χ2n) is 9.09. The van der Waals surface area contributed by atoms with Crippen molar-refractivity contribution in [2.75, 3.05) is 25.0 Å². The van der Waals surface area contributed by atoms with Crippen LogP contribution in [0.4, 0.5) is 10.5 Å². The van der Waals surface area contributed by atoms with Crippen molar-refractivity contribution in [3.8, 4) is 0 Å². The number of rotatable bonds is 6. The molecule has 1 aliphatic heterocycles. The Bertz CT molecular complexity index is 893. The molecule has 2 aliphatic rings. The highest BCUT2D eigenvalue weighted by molar-refractivity contribution is 5.96. The van der Waals surface area contributed by atoms with Crippen LogP contribution in [-0.2, 0) is 4.74 Å². The third-order valence-corrected chi connectivity index (χ3v) is 6.72. The molecule has 1 aliphatic carbocycles. The van der Waals surface area contributed by atoms with Gasteiger partial charge in [0.25, 0.3) is 0 Å². The van der Waals surface area contributed by atoms with Gasteiger partial charge in [0, 0.05) is 41.4 Å². The summed E-state index contributed by atoms with van der Waals surface area (Å²) < 4.78 is 5.74. The lowest BCUT2D eigenvalue weighted by atomic mass is 9.98. The standard InChI is InChI=1S/C26H37N3O2/c1-2-3-15-29-16-13-20(14-17-29)24-19-27-25-12-11-21(18-23(24)25)28-26(30)31-22-9-7-5-4-6-8-10-22/h11-13,18-19,22,27H,2-10,14-17H2,1H3,(H,28,30). The molecular weight excluding hydrogens is 386 g/mol. The molecule has 168 valence electrons. The van der Waals surface area contributed by atoms with Gasteiger partial charge in [0.2, 0.25) is 0 Å². The van der Waals surface area contributed by atoms with Gasteiger partial charge in [-0.05, 0) is 68.8 Å². The fourth-order valence-corrected chi connectivity index (χ4v) is 4.84. The lowest BCUT2D eigenvalue weighted by molar-refractivity contribution is 0.0933. The molecule has 31 heavy (non-hydrogen) atoms. The van der Waals surface area contributed by atoms with E-state index in [-0.39, 0.29) is 12.2 Å². The van der Waals surface area contributed by atoms with Crippen molar-refractivity contribution in [3.05, 3.63) is 36.0 Å². The van der Waals surface area contributed by atoms with Crippen molar-refractivity contribution in [2.24, 2.45) is 0 Å². The number of carbonyl (C=O) groups is 1. The number of anilines is 1. The minimum Gasteiger partial charge on any atom is -0.446 e. The molecule has 1 fully saturated rings. The first-order valence-electron chi connectivity index (χ1n) is 12.2. The summed E-state index contributed by atoms with van der Waals surface area (Å²) in [5, 5.41) is 4.13. The van der Waals surface area contributed by atoms with Crippen molar-refractivity contribution in [1.82, 2.24) is 9.88 Å². The van der Waals surface area contributed by atoms with E-state index in [1.54, 1.807) is 0 Å². The van der Waals surface area contributed by atoms with Crippen molar-refractivity contribution in [2.45, 2.75) is 77.2 Å². The van der Waals surface area contributed by atoms with Crippen LogP contribution in [0.2, 0.25) is 0 Å². The Balaban J connectivity index is 1.41. The molecule has 2 heterocycles. The molecule has 0 saturated heterocycles. The Labute approximate surface area is 186 Å². The zero-order valence-corrected chi connectivity index (χ0v) is 18.9. The number of aromatic amines is 1. The molecule has 5 nitrogen and oxygen atoms in total. The minimum atomic E-state index is -0.328. The molecule has 1 amide bonds. The normalized spacial score (nSPS) is 18.9. The predicted octanol–water partition coefficient (Wildman–Crippen LogP) is 6.72. The monoisotopic (exact) mass is 423 g/mol. The summed E-state index contributed by atoms with van der Waals surface area (Å²) in [5.74, 6) is 0. The van der Waals surface area contributed by atoms with Crippen molar-refractivity contribution in [1.29, 1.82) is 0 Å². The Morgan fingerprint density at radius 2 is 2.00 bits per heavy atom. The highest BCUT2D eigenvalue weighted by atomic mass is 16.6. The molecule has 2 N–H and O–H groups in total. The second-order valence-corrected chi connectivity index (χ2v) is 9.09. The van der Waals surface area contributed by atoms with Gasteiger partial charge in [-0.15, -0.1) is 0 Å². The van der Waals surface area contributed by atoms with Gasteiger partial charge >= 0.3 is 6.09 Å². The van der Waals surface area contributed by atoms with Crippen LogP contribution in [0.25, 0.3) is 16.5 Å². The number of benzene rings is 1. The first kappa shape index (κ1) is 21.9. The maximum Gasteiger partial charge on any atom is 0.411 e. The van der Waals surface area contributed by atoms with Crippen LogP contribution in [0.1, 0.15) is 76.7 Å². The largest absolute Gasteiger partial charge is 0.446 e. The molecular formula is C26H37N3O2. The lowest BCUT2D eigenvalue weighted by Gasteiger charge is -2.26. The molecule has 1 aromatic heterocycles. The zero-order valence-electron chi connectivity index (χ0n) is 18.9. The number of nitrogens with one attached hydrogen (secondary N) is 2. The summed E-state index contributed by atoms with van der Waals surface area (Å²) in [4.78, 5) is 18.4. The Hall–Kier alpha value is -2.27. The topological polar surface area (TPSA) is 57.4 Å². The summed E-state index contributed by atoms with van der Waals surface area (Å²) in [6.07, 6.45) is 15.9. The van der Waals surface area contributed by atoms with E-state index in [1.807, 2.05) is 12.1 Å². The Kier molecular flexibility index (Phi) is 7.68. The number of aromatic nitrogens is 1. The van der Waals surface area contributed by atoms with E-state index in [2.05, 4.69) is 40.5 Å². The van der Waals surface area contributed by atoms with Gasteiger partial charge < -0.3 is 9.72 Å². The van der Waals surface area contributed by atoms with E-state index in [9.17, 15) is 4.79 Å². The van der Waals surface area contributed by atoms with E-state index in [1.165, 1.54) is 49.8 Å². The zero-order chi connectivity index (χ0) is 21.5. The smallest absolute Gasteiger partial charge is 0.411 e. The predicted molar refractivity (Wildman–Crippen MR) is 128 cm³/mol. The van der Waals surface area contributed by atoms with Gasteiger partial charge in [0.05, 0.1) is 0 Å². The van der Waals surface area contributed by atoms with Crippen molar-refractivity contribution < 1.29 is 9.53 Å². The van der Waals surface area contributed by atoms with Crippen LogP contribution >= 0.6 is 0 Å². The number of amides is 1. The third kappa shape index (κ3) is 5.91. The third-order valence-electron chi connectivity index (χ3n) is 6.72. The molecule has 0 unspecified atom stereocenters. The maximum atomic E-state index is 12.5. The fourth-order valence-electron chi connectivity index (χ4n) is 4.84. The SMILES string of the molecule is CCCCN1CC=C(c2c[nH]c3ccc(NC(=O)OC4CCCCCCC4)cc23)CC1. The van der Waals surface area contributed by atoms with Gasteiger partial charge in [0.1, 0.15) is 6.10 Å². The fraction of sp³-hybridized carbons (Fsp3) is 0.577. The number of hydrogen-bond acceptors (Lipinski definition) is 3. The molecule has 1 aromatic carbocycles. The highest BCUT2D eigenvalue weighted by Crippen LogP contribution is 2.31. The van der Waals surface area contributed by atoms with Gasteiger partial charge in [-0.25, -0.2) is 4.79 Å². The van der Waals surface area contributed by atoms with Crippen LogP contribution in [0.3, 0.4) is 0 Å².